The van der Waals surface area contributed by atoms with Crippen molar-refractivity contribution in [3.05, 3.63) is 23.4 Å². The molecule has 1 aromatic rings. The quantitative estimate of drug-likeness (QED) is 0.701. The Morgan fingerprint density at radius 1 is 1.50 bits per heavy atom. The zero-order chi connectivity index (χ0) is 13.5. The zero-order valence-corrected chi connectivity index (χ0v) is 11.5. The van der Waals surface area contributed by atoms with Crippen LogP contribution in [0.3, 0.4) is 0 Å². The largest absolute Gasteiger partial charge is 0.395 e. The summed E-state index contributed by atoms with van der Waals surface area (Å²) in [6.45, 7) is 3.67. The molecule has 18 heavy (non-hydrogen) atoms. The first-order valence-corrected chi connectivity index (χ1v) is 6.12. The van der Waals surface area contributed by atoms with Crippen LogP contribution in [0.15, 0.2) is 12.1 Å². The molecule has 0 spiro atoms. The number of rotatable bonds is 7. The van der Waals surface area contributed by atoms with Crippen LogP contribution in [0, 0.1) is 6.92 Å². The number of hydrogen-bond acceptors (Lipinski definition) is 5. The first-order valence-electron chi connectivity index (χ1n) is 5.71. The maximum Gasteiger partial charge on any atom is 0.129 e. The highest BCUT2D eigenvalue weighted by molar-refractivity contribution is 7.80. The second-order valence-electron chi connectivity index (χ2n) is 3.92. The summed E-state index contributed by atoms with van der Waals surface area (Å²) in [6, 6.07) is 3.68. The van der Waals surface area contributed by atoms with Crippen molar-refractivity contribution < 1.29 is 9.84 Å². The number of aliphatic hydroxyl groups excluding tert-OH is 1. The molecule has 1 aromatic heterocycles. The molecular formula is C12H19N3O2S. The van der Waals surface area contributed by atoms with Gasteiger partial charge in [-0.05, 0) is 19.1 Å². The molecule has 0 aromatic carbocycles. The van der Waals surface area contributed by atoms with Crippen molar-refractivity contribution in [2.45, 2.75) is 6.92 Å². The summed E-state index contributed by atoms with van der Waals surface area (Å²) in [5.41, 5.74) is 7.27. The van der Waals surface area contributed by atoms with Gasteiger partial charge in [-0.25, -0.2) is 4.98 Å². The molecule has 100 valence electrons. The van der Waals surface area contributed by atoms with Crippen molar-refractivity contribution in [2.24, 2.45) is 5.73 Å². The van der Waals surface area contributed by atoms with Gasteiger partial charge in [-0.3, -0.25) is 0 Å². The number of nitrogens with zero attached hydrogens (tertiary/aromatic N) is 2. The summed E-state index contributed by atoms with van der Waals surface area (Å²) >= 11 is 4.98. The average Bonchev–Trinajstić information content (AvgIpc) is 2.33. The SMILES string of the molecule is COCCN(CCO)c1cc(C(N)=S)cc(C)n1. The molecule has 0 amide bonds. The second-order valence-corrected chi connectivity index (χ2v) is 4.36. The number of anilines is 1. The summed E-state index contributed by atoms with van der Waals surface area (Å²) in [5.74, 6) is 0.754. The third-order valence-electron chi connectivity index (χ3n) is 2.48. The number of thiocarbonyl (C=S) groups is 1. The van der Waals surface area contributed by atoms with Crippen molar-refractivity contribution in [3.63, 3.8) is 0 Å². The van der Waals surface area contributed by atoms with Crippen LogP contribution in [0.25, 0.3) is 0 Å². The maximum absolute atomic E-state index is 9.08. The predicted molar refractivity (Wildman–Crippen MR) is 76.0 cm³/mol. The molecule has 3 N–H and O–H groups in total. The number of hydrogen-bond donors (Lipinski definition) is 2. The molecule has 0 aliphatic carbocycles. The fourth-order valence-corrected chi connectivity index (χ4v) is 1.74. The van der Waals surface area contributed by atoms with E-state index in [4.69, 9.17) is 27.8 Å². The molecule has 1 rings (SSSR count). The molecule has 0 aliphatic rings. The highest BCUT2D eigenvalue weighted by atomic mass is 32.1. The van der Waals surface area contributed by atoms with E-state index < -0.39 is 0 Å². The molecule has 0 atom stereocenters. The Labute approximate surface area is 113 Å². The van der Waals surface area contributed by atoms with Gasteiger partial charge in [0.25, 0.3) is 0 Å². The van der Waals surface area contributed by atoms with Crippen LogP contribution < -0.4 is 10.6 Å². The van der Waals surface area contributed by atoms with Gasteiger partial charge in [-0.1, -0.05) is 12.2 Å². The van der Waals surface area contributed by atoms with E-state index in [0.29, 0.717) is 24.7 Å². The summed E-state index contributed by atoms with van der Waals surface area (Å²) in [5, 5.41) is 9.08. The van der Waals surface area contributed by atoms with Crippen LogP contribution >= 0.6 is 12.2 Å². The molecule has 0 saturated heterocycles. The summed E-state index contributed by atoms with van der Waals surface area (Å²) in [6.07, 6.45) is 0. The summed E-state index contributed by atoms with van der Waals surface area (Å²) in [4.78, 5) is 6.72. The van der Waals surface area contributed by atoms with Gasteiger partial charge >= 0.3 is 0 Å². The molecule has 0 saturated carbocycles. The predicted octanol–water partition coefficient (Wildman–Crippen LogP) is 0.469. The topological polar surface area (TPSA) is 71.6 Å². The molecule has 0 radical (unpaired) electrons. The molecular weight excluding hydrogens is 250 g/mol. The van der Waals surface area contributed by atoms with Crippen molar-refractivity contribution in [2.75, 3.05) is 38.3 Å². The van der Waals surface area contributed by atoms with E-state index in [1.807, 2.05) is 24.0 Å². The van der Waals surface area contributed by atoms with Crippen LogP contribution in [0.1, 0.15) is 11.3 Å². The van der Waals surface area contributed by atoms with Crippen molar-refractivity contribution >= 4 is 23.0 Å². The Morgan fingerprint density at radius 3 is 2.78 bits per heavy atom. The van der Waals surface area contributed by atoms with E-state index >= 15 is 0 Å². The fourth-order valence-electron chi connectivity index (χ4n) is 1.62. The fraction of sp³-hybridized carbons (Fsp3) is 0.500. The molecule has 0 fully saturated rings. The lowest BCUT2D eigenvalue weighted by atomic mass is 10.2. The van der Waals surface area contributed by atoms with Crippen molar-refractivity contribution in [3.8, 4) is 0 Å². The Bertz CT molecular complexity index is 412. The van der Waals surface area contributed by atoms with Crippen molar-refractivity contribution in [1.29, 1.82) is 0 Å². The van der Waals surface area contributed by atoms with Crippen LogP contribution in [-0.2, 0) is 4.74 Å². The Kier molecular flexibility index (Phi) is 5.97. The smallest absolute Gasteiger partial charge is 0.129 e. The standard InChI is InChI=1S/C12H19N3O2S/c1-9-7-10(12(13)18)8-11(14-9)15(3-5-16)4-6-17-2/h7-8,16H,3-6H2,1-2H3,(H2,13,18). The van der Waals surface area contributed by atoms with Crippen LogP contribution in [-0.4, -0.2) is 48.5 Å². The number of aromatic nitrogens is 1. The lowest BCUT2D eigenvalue weighted by Crippen LogP contribution is -2.31. The summed E-state index contributed by atoms with van der Waals surface area (Å²) < 4.78 is 5.05. The first kappa shape index (κ1) is 14.8. The normalized spacial score (nSPS) is 10.4. The van der Waals surface area contributed by atoms with Gasteiger partial charge < -0.3 is 20.5 Å². The van der Waals surface area contributed by atoms with E-state index in [1.165, 1.54) is 0 Å². The number of nitrogens with two attached hydrogens (primary N) is 1. The van der Waals surface area contributed by atoms with Gasteiger partial charge in [0.2, 0.25) is 0 Å². The van der Waals surface area contributed by atoms with Gasteiger partial charge in [0.15, 0.2) is 0 Å². The number of ether oxygens (including phenoxy) is 1. The highest BCUT2D eigenvalue weighted by Crippen LogP contribution is 2.15. The van der Waals surface area contributed by atoms with Gasteiger partial charge in [0, 0.05) is 31.5 Å². The average molecular weight is 269 g/mol. The molecule has 6 heteroatoms. The van der Waals surface area contributed by atoms with Crippen LogP contribution in [0.4, 0.5) is 5.82 Å². The molecule has 5 nitrogen and oxygen atoms in total. The van der Waals surface area contributed by atoms with Gasteiger partial charge in [0.05, 0.1) is 13.2 Å². The third-order valence-corrected chi connectivity index (χ3v) is 2.72. The summed E-state index contributed by atoms with van der Waals surface area (Å²) in [7, 11) is 1.64. The lowest BCUT2D eigenvalue weighted by molar-refractivity contribution is 0.202. The second kappa shape index (κ2) is 7.25. The van der Waals surface area contributed by atoms with Crippen molar-refractivity contribution in [1.82, 2.24) is 4.98 Å². The number of methoxy groups -OCH3 is 1. The zero-order valence-electron chi connectivity index (χ0n) is 10.7. The highest BCUT2D eigenvalue weighted by Gasteiger charge is 2.10. The van der Waals surface area contributed by atoms with E-state index in [0.717, 1.165) is 17.1 Å². The molecule has 0 unspecified atom stereocenters. The van der Waals surface area contributed by atoms with Crippen LogP contribution in [0.5, 0.6) is 0 Å². The Morgan fingerprint density at radius 2 is 2.22 bits per heavy atom. The molecule has 0 bridgehead atoms. The van der Waals surface area contributed by atoms with Gasteiger partial charge in [0.1, 0.15) is 10.8 Å². The minimum atomic E-state index is 0.0573. The van der Waals surface area contributed by atoms with E-state index in [-0.39, 0.29) is 6.61 Å². The monoisotopic (exact) mass is 269 g/mol. The Hall–Kier alpha value is -1.24. The maximum atomic E-state index is 9.08. The van der Waals surface area contributed by atoms with E-state index in [2.05, 4.69) is 4.98 Å². The van der Waals surface area contributed by atoms with Gasteiger partial charge in [-0.15, -0.1) is 0 Å². The third kappa shape index (κ3) is 4.21. The van der Waals surface area contributed by atoms with E-state index in [9.17, 15) is 0 Å². The number of aliphatic hydroxyl groups is 1. The van der Waals surface area contributed by atoms with Gasteiger partial charge in [-0.2, -0.15) is 0 Å². The number of pyridine rings is 1. The minimum absolute atomic E-state index is 0.0573. The van der Waals surface area contributed by atoms with E-state index in [1.54, 1.807) is 7.11 Å². The lowest BCUT2D eigenvalue weighted by Gasteiger charge is -2.23. The number of aryl methyl sites for hydroxylation is 1. The first-order chi connectivity index (χ1) is 8.58. The van der Waals surface area contributed by atoms with Crippen LogP contribution in [0.2, 0.25) is 0 Å². The molecule has 1 heterocycles. The Balaban J connectivity index is 2.98. The minimum Gasteiger partial charge on any atom is -0.395 e. The molecule has 0 aliphatic heterocycles.